The molecule has 0 aliphatic carbocycles. The summed E-state index contributed by atoms with van der Waals surface area (Å²) in [5, 5.41) is 16.0. The fraction of sp³-hybridized carbons (Fsp3) is 0.538. The monoisotopic (exact) mass is 768 g/mol. The molecule has 0 atom stereocenters. The van der Waals surface area contributed by atoms with Crippen molar-refractivity contribution in [3.63, 3.8) is 0 Å². The first-order valence-corrected chi connectivity index (χ1v) is 18.5. The molecule has 6 rings (SSSR count). The molecule has 298 valence electrons. The van der Waals surface area contributed by atoms with E-state index in [0.29, 0.717) is 84.8 Å². The van der Waals surface area contributed by atoms with Gasteiger partial charge in [0.2, 0.25) is 11.8 Å². The molecular formula is C39H50F2N6O8. The minimum Gasteiger partial charge on any atom is -0.480 e. The summed E-state index contributed by atoms with van der Waals surface area (Å²) in [5.41, 5.74) is -1.16. The van der Waals surface area contributed by atoms with Crippen molar-refractivity contribution < 1.29 is 47.2 Å². The molecule has 14 nitrogen and oxygen atoms in total. The average Bonchev–Trinajstić information content (AvgIpc) is 3.15. The normalized spacial score (nSPS) is 15.6. The van der Waals surface area contributed by atoms with Crippen molar-refractivity contribution in [2.24, 2.45) is 0 Å². The van der Waals surface area contributed by atoms with Gasteiger partial charge in [-0.3, -0.25) is 0 Å². The molecule has 2 saturated heterocycles. The van der Waals surface area contributed by atoms with Crippen LogP contribution in [0.4, 0.5) is 20.2 Å². The Morgan fingerprint density at radius 3 is 1.49 bits per heavy atom. The number of nitrogens with one attached hydrogen (secondary N) is 2. The maximum atomic E-state index is 14.9. The number of nitrogens with zero attached hydrogens (tertiary/aromatic N) is 4. The third-order valence-corrected chi connectivity index (χ3v) is 9.20. The van der Waals surface area contributed by atoms with Crippen LogP contribution in [0, 0.1) is 11.6 Å². The lowest BCUT2D eigenvalue weighted by atomic mass is 10.0. The summed E-state index contributed by atoms with van der Waals surface area (Å²) in [7, 11) is 1.31. The van der Waals surface area contributed by atoms with Gasteiger partial charge in [-0.2, -0.15) is 9.97 Å². The molecule has 55 heavy (non-hydrogen) atoms. The average molecular weight is 769 g/mol. The van der Waals surface area contributed by atoms with Crippen LogP contribution in [0.5, 0.6) is 11.8 Å². The molecule has 16 heteroatoms. The third-order valence-electron chi connectivity index (χ3n) is 9.20. The summed E-state index contributed by atoms with van der Waals surface area (Å²) in [5.74, 6) is -0.867. The highest BCUT2D eigenvalue weighted by atomic mass is 19.1. The van der Waals surface area contributed by atoms with Gasteiger partial charge in [0.15, 0.2) is 11.6 Å². The Balaban J connectivity index is 0.000000211. The number of benzene rings is 2. The van der Waals surface area contributed by atoms with Gasteiger partial charge in [0.1, 0.15) is 46.0 Å². The van der Waals surface area contributed by atoms with Gasteiger partial charge in [-0.05, 0) is 52.0 Å². The number of methoxy groups -OCH3 is 1. The Hall–Kier alpha value is -4.96. The van der Waals surface area contributed by atoms with E-state index in [-0.39, 0.29) is 23.2 Å². The molecule has 0 amide bonds. The van der Waals surface area contributed by atoms with Crippen LogP contribution in [0.3, 0.4) is 0 Å². The maximum Gasteiger partial charge on any atom is 0.330 e. The maximum absolute atomic E-state index is 14.9. The molecule has 2 aliphatic heterocycles. The van der Waals surface area contributed by atoms with E-state index in [1.54, 1.807) is 26.0 Å². The van der Waals surface area contributed by atoms with E-state index in [0.717, 1.165) is 25.7 Å². The molecule has 0 bridgehead atoms. The first kappa shape index (κ1) is 41.2. The second-order valence-electron chi connectivity index (χ2n) is 14.5. The van der Waals surface area contributed by atoms with E-state index < -0.39 is 34.7 Å². The van der Waals surface area contributed by atoms with Crippen LogP contribution in [-0.2, 0) is 36.6 Å². The van der Waals surface area contributed by atoms with E-state index in [4.69, 9.17) is 23.7 Å². The van der Waals surface area contributed by atoms with Crippen molar-refractivity contribution in [2.75, 3.05) is 44.2 Å². The highest BCUT2D eigenvalue weighted by molar-refractivity contribution is 5.90. The SMILES string of the molecule is CCc1nc(OC2CCOCC2)c2cc(NC(C)(C)C(=O)O)cc(F)c2n1.CCc1nc(OC2CCOCC2)c2cc(NC(C)(C)C(=O)OC)cc(F)c2n1. The smallest absolute Gasteiger partial charge is 0.330 e. The zero-order valence-corrected chi connectivity index (χ0v) is 32.4. The van der Waals surface area contributed by atoms with Crippen LogP contribution in [0.15, 0.2) is 24.3 Å². The number of carboxylic acids is 1. The van der Waals surface area contributed by atoms with Crippen molar-refractivity contribution >= 4 is 45.1 Å². The van der Waals surface area contributed by atoms with Gasteiger partial charge >= 0.3 is 11.9 Å². The number of carbonyl (C=O) groups excluding carboxylic acids is 1. The predicted molar refractivity (Wildman–Crippen MR) is 202 cm³/mol. The number of carboxylic acid groups (broad SMARTS) is 1. The molecule has 2 aliphatic rings. The summed E-state index contributed by atoms with van der Waals surface area (Å²) in [4.78, 5) is 40.9. The van der Waals surface area contributed by atoms with Gasteiger partial charge in [0, 0.05) is 49.9 Å². The number of fused-ring (bicyclic) bond motifs is 2. The molecule has 0 radical (unpaired) electrons. The Morgan fingerprint density at radius 1 is 0.727 bits per heavy atom. The second kappa shape index (κ2) is 17.7. The van der Waals surface area contributed by atoms with Crippen molar-refractivity contribution in [1.82, 2.24) is 19.9 Å². The summed E-state index contributed by atoms with van der Waals surface area (Å²) in [6.07, 6.45) is 3.99. The van der Waals surface area contributed by atoms with Gasteiger partial charge in [0.05, 0.1) is 44.3 Å². The summed E-state index contributed by atoms with van der Waals surface area (Å²) in [6.45, 7) is 12.6. The lowest BCUT2D eigenvalue weighted by Gasteiger charge is -2.25. The number of esters is 1. The molecule has 2 aromatic heterocycles. The van der Waals surface area contributed by atoms with Crippen molar-refractivity contribution in [2.45, 2.75) is 103 Å². The zero-order chi connectivity index (χ0) is 39.9. The largest absolute Gasteiger partial charge is 0.480 e. The summed E-state index contributed by atoms with van der Waals surface area (Å²) in [6, 6.07) is 5.91. The number of rotatable bonds is 12. The predicted octanol–water partition coefficient (Wildman–Crippen LogP) is 6.42. The lowest BCUT2D eigenvalue weighted by molar-refractivity contribution is -0.144. The van der Waals surface area contributed by atoms with Gasteiger partial charge in [-0.25, -0.2) is 28.3 Å². The summed E-state index contributed by atoms with van der Waals surface area (Å²) < 4.78 is 57.3. The quantitative estimate of drug-likeness (QED) is 0.135. The number of aliphatic carboxylic acids is 1. The molecule has 2 fully saturated rings. The first-order valence-electron chi connectivity index (χ1n) is 18.5. The van der Waals surface area contributed by atoms with E-state index in [1.807, 2.05) is 13.8 Å². The molecule has 0 unspecified atom stereocenters. The van der Waals surface area contributed by atoms with Crippen molar-refractivity contribution in [3.05, 3.63) is 47.5 Å². The highest BCUT2D eigenvalue weighted by Crippen LogP contribution is 2.33. The fourth-order valence-electron chi connectivity index (χ4n) is 6.04. The molecule has 4 heterocycles. The Bertz CT molecular complexity index is 2000. The number of hydrogen-bond acceptors (Lipinski definition) is 13. The van der Waals surface area contributed by atoms with Crippen LogP contribution in [0.1, 0.15) is 78.9 Å². The van der Waals surface area contributed by atoms with Gasteiger partial charge in [-0.1, -0.05) is 13.8 Å². The third kappa shape index (κ3) is 10.2. The minimum atomic E-state index is -1.26. The summed E-state index contributed by atoms with van der Waals surface area (Å²) >= 11 is 0. The molecule has 0 spiro atoms. The number of aromatic nitrogens is 4. The number of anilines is 2. The highest BCUT2D eigenvalue weighted by Gasteiger charge is 2.30. The van der Waals surface area contributed by atoms with Crippen LogP contribution < -0.4 is 20.1 Å². The van der Waals surface area contributed by atoms with E-state index in [9.17, 15) is 23.5 Å². The molecular weight excluding hydrogens is 718 g/mol. The molecule has 2 aromatic carbocycles. The lowest BCUT2D eigenvalue weighted by Crippen LogP contribution is -2.41. The van der Waals surface area contributed by atoms with Gasteiger partial charge in [0.25, 0.3) is 0 Å². The van der Waals surface area contributed by atoms with Crippen LogP contribution in [0.25, 0.3) is 21.8 Å². The first-order chi connectivity index (χ1) is 26.1. The Morgan fingerprint density at radius 2 is 1.13 bits per heavy atom. The number of hydrogen-bond donors (Lipinski definition) is 3. The standard InChI is InChI=1S/C20H26FN3O4.C19H24FN3O4/c1-5-16-22-17-14(18(23-16)28-13-6-8-27-9-7-13)10-12(11-15(17)21)24-20(2,3)19(25)26-4;1-4-15-21-16-13(17(22-15)27-12-5-7-26-8-6-12)9-11(10-14(16)20)23-19(2,3)18(24)25/h10-11,13,24H,5-9H2,1-4H3;9-10,12,23H,4-8H2,1-3H3,(H,24,25). The number of carbonyl (C=O) groups is 2. The number of halogens is 2. The zero-order valence-electron chi connectivity index (χ0n) is 32.4. The van der Waals surface area contributed by atoms with Crippen LogP contribution in [-0.4, -0.2) is 93.8 Å². The number of ether oxygens (including phenoxy) is 5. The molecule has 3 N–H and O–H groups in total. The van der Waals surface area contributed by atoms with E-state index in [1.165, 1.54) is 33.1 Å². The van der Waals surface area contributed by atoms with Crippen LogP contribution in [0.2, 0.25) is 0 Å². The number of aryl methyl sites for hydroxylation is 2. The molecule has 0 saturated carbocycles. The van der Waals surface area contributed by atoms with Crippen molar-refractivity contribution in [3.8, 4) is 11.8 Å². The van der Waals surface area contributed by atoms with Crippen molar-refractivity contribution in [1.29, 1.82) is 0 Å². The second-order valence-corrected chi connectivity index (χ2v) is 14.5. The van der Waals surface area contributed by atoms with Gasteiger partial charge in [-0.15, -0.1) is 0 Å². The van der Waals surface area contributed by atoms with Crippen LogP contribution >= 0.6 is 0 Å². The fourth-order valence-corrected chi connectivity index (χ4v) is 6.04. The molecule has 4 aromatic rings. The topological polar surface area (TPSA) is 176 Å². The Kier molecular flexibility index (Phi) is 13.2. The van der Waals surface area contributed by atoms with E-state index in [2.05, 4.69) is 30.6 Å². The van der Waals surface area contributed by atoms with Gasteiger partial charge < -0.3 is 39.4 Å². The van der Waals surface area contributed by atoms with E-state index >= 15 is 0 Å². The minimum absolute atomic E-state index is 0.0391. The Labute approximate surface area is 318 Å².